The van der Waals surface area contributed by atoms with Crippen LogP contribution in [-0.4, -0.2) is 10.4 Å². The molecular formula is C19H15FN2O2. The second-order valence-corrected chi connectivity index (χ2v) is 5.48. The molecule has 5 heteroatoms. The standard InChI is InChI=1S/C19H15FN2O2/c1-12-2-8-15(9-3-12)22-17(23)11-10-16(19(22)21)18(24)13-4-6-14(20)7-5-13/h2-11H,21H2,1H3. The van der Waals surface area contributed by atoms with Gasteiger partial charge in [0.2, 0.25) is 0 Å². The minimum absolute atomic E-state index is 0.0562. The highest BCUT2D eigenvalue weighted by Gasteiger charge is 2.16. The zero-order chi connectivity index (χ0) is 17.3. The van der Waals surface area contributed by atoms with Gasteiger partial charge in [-0.05, 0) is 49.4 Å². The van der Waals surface area contributed by atoms with Crippen molar-refractivity contribution >= 4 is 11.6 Å². The molecule has 0 amide bonds. The van der Waals surface area contributed by atoms with Gasteiger partial charge in [0.15, 0.2) is 5.78 Å². The van der Waals surface area contributed by atoms with Crippen LogP contribution in [0.3, 0.4) is 0 Å². The first-order valence-corrected chi connectivity index (χ1v) is 7.36. The topological polar surface area (TPSA) is 65.1 Å². The van der Waals surface area contributed by atoms with E-state index >= 15 is 0 Å². The van der Waals surface area contributed by atoms with Gasteiger partial charge in [0.1, 0.15) is 11.6 Å². The molecule has 4 nitrogen and oxygen atoms in total. The molecule has 120 valence electrons. The van der Waals surface area contributed by atoms with Crippen LogP contribution in [0.5, 0.6) is 0 Å². The average molecular weight is 322 g/mol. The monoisotopic (exact) mass is 322 g/mol. The van der Waals surface area contributed by atoms with Crippen molar-refractivity contribution in [3.05, 3.63) is 93.5 Å². The summed E-state index contributed by atoms with van der Waals surface area (Å²) in [6.45, 7) is 1.93. The Morgan fingerprint density at radius 1 is 0.958 bits per heavy atom. The first-order valence-electron chi connectivity index (χ1n) is 7.36. The van der Waals surface area contributed by atoms with Crippen LogP contribution in [0.2, 0.25) is 0 Å². The summed E-state index contributed by atoms with van der Waals surface area (Å²) in [7, 11) is 0. The first kappa shape index (κ1) is 15.7. The average Bonchev–Trinajstić information content (AvgIpc) is 2.57. The lowest BCUT2D eigenvalue weighted by atomic mass is 10.0. The normalized spacial score (nSPS) is 10.6. The van der Waals surface area contributed by atoms with Crippen LogP contribution in [0, 0.1) is 12.7 Å². The zero-order valence-corrected chi connectivity index (χ0v) is 13.0. The minimum Gasteiger partial charge on any atom is -0.384 e. The molecule has 0 atom stereocenters. The Morgan fingerprint density at radius 2 is 1.58 bits per heavy atom. The summed E-state index contributed by atoms with van der Waals surface area (Å²) < 4.78 is 14.3. The Morgan fingerprint density at radius 3 is 2.21 bits per heavy atom. The van der Waals surface area contributed by atoms with Gasteiger partial charge in [0.25, 0.3) is 5.56 Å². The molecule has 2 N–H and O–H groups in total. The van der Waals surface area contributed by atoms with Crippen molar-refractivity contribution in [3.63, 3.8) is 0 Å². The van der Waals surface area contributed by atoms with Gasteiger partial charge in [-0.25, -0.2) is 4.39 Å². The molecule has 0 aliphatic carbocycles. The van der Waals surface area contributed by atoms with Crippen molar-refractivity contribution in [2.24, 2.45) is 0 Å². The third-order valence-electron chi connectivity index (χ3n) is 3.77. The summed E-state index contributed by atoms with van der Waals surface area (Å²) in [6, 6.07) is 15.1. The molecule has 0 aliphatic heterocycles. The van der Waals surface area contributed by atoms with E-state index in [0.717, 1.165) is 5.56 Å². The van der Waals surface area contributed by atoms with Gasteiger partial charge in [0.05, 0.1) is 11.3 Å². The van der Waals surface area contributed by atoms with E-state index in [2.05, 4.69) is 0 Å². The van der Waals surface area contributed by atoms with E-state index in [4.69, 9.17) is 5.73 Å². The molecule has 1 heterocycles. The molecule has 0 radical (unpaired) electrons. The molecule has 0 saturated carbocycles. The van der Waals surface area contributed by atoms with E-state index in [1.54, 1.807) is 12.1 Å². The van der Waals surface area contributed by atoms with Crippen LogP contribution in [0.1, 0.15) is 21.5 Å². The second-order valence-electron chi connectivity index (χ2n) is 5.48. The maximum atomic E-state index is 13.0. The van der Waals surface area contributed by atoms with Gasteiger partial charge in [0, 0.05) is 11.6 Å². The molecule has 0 fully saturated rings. The number of nitrogens with two attached hydrogens (primary N) is 1. The lowest BCUT2D eigenvalue weighted by molar-refractivity contribution is 0.103. The Hall–Kier alpha value is -3.21. The van der Waals surface area contributed by atoms with Crippen LogP contribution in [0.15, 0.2) is 65.5 Å². The van der Waals surface area contributed by atoms with E-state index in [1.807, 2.05) is 19.1 Å². The number of carbonyl (C=O) groups excluding carboxylic acids is 1. The number of nitrogen functional groups attached to an aromatic ring is 1. The lowest BCUT2D eigenvalue weighted by Gasteiger charge is -2.13. The lowest BCUT2D eigenvalue weighted by Crippen LogP contribution is -2.23. The summed E-state index contributed by atoms with van der Waals surface area (Å²) >= 11 is 0. The number of aryl methyl sites for hydroxylation is 1. The summed E-state index contributed by atoms with van der Waals surface area (Å²) in [4.78, 5) is 24.8. The van der Waals surface area contributed by atoms with Crippen LogP contribution >= 0.6 is 0 Å². The van der Waals surface area contributed by atoms with E-state index in [0.29, 0.717) is 11.3 Å². The molecule has 2 aromatic carbocycles. The SMILES string of the molecule is Cc1ccc(-n2c(N)c(C(=O)c3ccc(F)cc3)ccc2=O)cc1. The van der Waals surface area contributed by atoms with Crippen molar-refractivity contribution in [1.29, 1.82) is 0 Å². The number of hydrogen-bond acceptors (Lipinski definition) is 3. The number of anilines is 1. The van der Waals surface area contributed by atoms with E-state index in [1.165, 1.54) is 41.0 Å². The number of nitrogens with zero attached hydrogens (tertiary/aromatic N) is 1. The van der Waals surface area contributed by atoms with Crippen LogP contribution in [0.25, 0.3) is 5.69 Å². The van der Waals surface area contributed by atoms with Crippen LogP contribution < -0.4 is 11.3 Å². The zero-order valence-electron chi connectivity index (χ0n) is 13.0. The van der Waals surface area contributed by atoms with Gasteiger partial charge >= 0.3 is 0 Å². The van der Waals surface area contributed by atoms with E-state index in [-0.39, 0.29) is 22.7 Å². The minimum atomic E-state index is -0.427. The third kappa shape index (κ3) is 2.84. The fourth-order valence-corrected chi connectivity index (χ4v) is 2.46. The van der Waals surface area contributed by atoms with Gasteiger partial charge in [-0.1, -0.05) is 17.7 Å². The molecule has 0 saturated heterocycles. The summed E-state index contributed by atoms with van der Waals surface area (Å²) in [5, 5.41) is 0. The van der Waals surface area contributed by atoms with E-state index < -0.39 is 5.82 Å². The molecule has 24 heavy (non-hydrogen) atoms. The van der Waals surface area contributed by atoms with Crippen molar-refractivity contribution in [2.45, 2.75) is 6.92 Å². The highest BCUT2D eigenvalue weighted by molar-refractivity contribution is 6.11. The molecule has 0 spiro atoms. The van der Waals surface area contributed by atoms with E-state index in [9.17, 15) is 14.0 Å². The third-order valence-corrected chi connectivity index (χ3v) is 3.77. The maximum absolute atomic E-state index is 13.0. The fourth-order valence-electron chi connectivity index (χ4n) is 2.46. The Labute approximate surface area is 138 Å². The number of halogens is 1. The Balaban J connectivity index is 2.12. The predicted molar refractivity (Wildman–Crippen MR) is 91.0 cm³/mol. The number of carbonyl (C=O) groups is 1. The summed E-state index contributed by atoms with van der Waals surface area (Å²) in [5.41, 5.74) is 7.89. The van der Waals surface area contributed by atoms with Gasteiger partial charge in [-0.3, -0.25) is 14.2 Å². The van der Waals surface area contributed by atoms with Crippen molar-refractivity contribution in [2.75, 3.05) is 5.73 Å². The van der Waals surface area contributed by atoms with Crippen LogP contribution in [-0.2, 0) is 0 Å². The highest BCUT2D eigenvalue weighted by Crippen LogP contribution is 2.19. The molecule has 3 rings (SSSR count). The van der Waals surface area contributed by atoms with Gasteiger partial charge < -0.3 is 5.73 Å². The van der Waals surface area contributed by atoms with Gasteiger partial charge in [-0.15, -0.1) is 0 Å². The molecule has 0 bridgehead atoms. The number of aromatic nitrogens is 1. The largest absolute Gasteiger partial charge is 0.384 e. The molecule has 0 aliphatic rings. The molecular weight excluding hydrogens is 307 g/mol. The molecule has 1 aromatic heterocycles. The maximum Gasteiger partial charge on any atom is 0.256 e. The first-order chi connectivity index (χ1) is 11.5. The number of hydrogen-bond donors (Lipinski definition) is 1. The quantitative estimate of drug-likeness (QED) is 0.754. The fraction of sp³-hybridized carbons (Fsp3) is 0.0526. The number of benzene rings is 2. The number of rotatable bonds is 3. The number of pyridine rings is 1. The predicted octanol–water partition coefficient (Wildman–Crippen LogP) is 3.10. The van der Waals surface area contributed by atoms with Crippen molar-refractivity contribution in [3.8, 4) is 5.69 Å². The van der Waals surface area contributed by atoms with Crippen molar-refractivity contribution in [1.82, 2.24) is 4.57 Å². The smallest absolute Gasteiger partial charge is 0.256 e. The summed E-state index contributed by atoms with van der Waals surface area (Å²) in [6.07, 6.45) is 0. The van der Waals surface area contributed by atoms with Gasteiger partial charge in [-0.2, -0.15) is 0 Å². The Kier molecular flexibility index (Phi) is 4.00. The number of ketones is 1. The second kappa shape index (κ2) is 6.12. The highest BCUT2D eigenvalue weighted by atomic mass is 19.1. The summed E-state index contributed by atoms with van der Waals surface area (Å²) in [5.74, 6) is -0.738. The Bertz CT molecular complexity index is 958. The molecule has 0 unspecified atom stereocenters. The van der Waals surface area contributed by atoms with Crippen LogP contribution in [0.4, 0.5) is 10.2 Å². The van der Waals surface area contributed by atoms with Crippen molar-refractivity contribution < 1.29 is 9.18 Å². The molecule has 3 aromatic rings.